The highest BCUT2D eigenvalue weighted by molar-refractivity contribution is 7.13. The predicted molar refractivity (Wildman–Crippen MR) is 107 cm³/mol. The number of benzene rings is 1. The molecule has 2 heterocycles. The highest BCUT2D eigenvalue weighted by atomic mass is 32.1. The van der Waals surface area contributed by atoms with E-state index in [1.54, 1.807) is 0 Å². The number of aryl methyl sites for hydroxylation is 1. The van der Waals surface area contributed by atoms with Crippen LogP contribution in [0.5, 0.6) is 0 Å². The maximum Gasteiger partial charge on any atom is 0.273 e. The fraction of sp³-hybridized carbons (Fsp3) is 0.400. The molecule has 1 aliphatic rings. The van der Waals surface area contributed by atoms with Crippen LogP contribution in [0, 0.1) is 6.92 Å². The molecular formula is C20H22N4O2S. The normalized spacial score (nSPS) is 15.1. The summed E-state index contributed by atoms with van der Waals surface area (Å²) in [6.45, 7) is 2.02. The number of nitrogens with one attached hydrogen (secondary N) is 1. The molecule has 3 aromatic rings. The van der Waals surface area contributed by atoms with Gasteiger partial charge in [-0.1, -0.05) is 49.1 Å². The Labute approximate surface area is 161 Å². The van der Waals surface area contributed by atoms with Gasteiger partial charge in [0.2, 0.25) is 5.91 Å². The molecule has 27 heavy (non-hydrogen) atoms. The molecule has 0 bridgehead atoms. The van der Waals surface area contributed by atoms with Gasteiger partial charge in [-0.25, -0.2) is 4.98 Å². The largest absolute Gasteiger partial charge is 0.352 e. The second kappa shape index (κ2) is 7.60. The van der Waals surface area contributed by atoms with Crippen LogP contribution in [0.4, 0.5) is 0 Å². The van der Waals surface area contributed by atoms with E-state index in [1.807, 2.05) is 31.2 Å². The quantitative estimate of drug-likeness (QED) is 0.751. The first kappa shape index (κ1) is 17.9. The van der Waals surface area contributed by atoms with E-state index in [9.17, 15) is 9.59 Å². The number of aromatic nitrogens is 3. The lowest BCUT2D eigenvalue weighted by Crippen LogP contribution is -2.39. The Kier molecular flexibility index (Phi) is 5.03. The summed E-state index contributed by atoms with van der Waals surface area (Å²) in [6, 6.07) is 8.22. The van der Waals surface area contributed by atoms with Crippen molar-refractivity contribution in [3.05, 3.63) is 46.5 Å². The SMILES string of the molecule is Cc1ccc(-c2nsc3c(=O)n(CC(=O)NC4CCCCC4)cnc23)cc1. The fourth-order valence-corrected chi connectivity index (χ4v) is 4.35. The molecule has 1 aromatic carbocycles. The van der Waals surface area contributed by atoms with Crippen molar-refractivity contribution < 1.29 is 4.79 Å². The molecule has 140 valence electrons. The number of fused-ring (bicyclic) bond motifs is 1. The highest BCUT2D eigenvalue weighted by Gasteiger charge is 2.18. The van der Waals surface area contributed by atoms with Crippen LogP contribution in [0.3, 0.4) is 0 Å². The molecule has 4 rings (SSSR count). The van der Waals surface area contributed by atoms with Gasteiger partial charge in [-0.05, 0) is 31.3 Å². The summed E-state index contributed by atoms with van der Waals surface area (Å²) in [5.41, 5.74) is 3.20. The lowest BCUT2D eigenvalue weighted by molar-refractivity contribution is -0.122. The van der Waals surface area contributed by atoms with E-state index in [4.69, 9.17) is 0 Å². The van der Waals surface area contributed by atoms with Gasteiger partial charge in [0.1, 0.15) is 22.5 Å². The molecule has 0 spiro atoms. The van der Waals surface area contributed by atoms with Gasteiger partial charge < -0.3 is 5.32 Å². The van der Waals surface area contributed by atoms with Crippen molar-refractivity contribution in [1.82, 2.24) is 19.2 Å². The van der Waals surface area contributed by atoms with Crippen LogP contribution in [0.2, 0.25) is 0 Å². The van der Waals surface area contributed by atoms with E-state index >= 15 is 0 Å². The van der Waals surface area contributed by atoms with Gasteiger partial charge in [0.25, 0.3) is 5.56 Å². The molecule has 1 fully saturated rings. The maximum absolute atomic E-state index is 12.8. The first-order chi connectivity index (χ1) is 13.1. The van der Waals surface area contributed by atoms with Gasteiger partial charge in [-0.2, -0.15) is 4.37 Å². The molecule has 1 amide bonds. The topological polar surface area (TPSA) is 76.9 Å². The van der Waals surface area contributed by atoms with Crippen molar-refractivity contribution in [1.29, 1.82) is 0 Å². The molecule has 0 saturated heterocycles. The van der Waals surface area contributed by atoms with Crippen LogP contribution in [-0.2, 0) is 11.3 Å². The maximum atomic E-state index is 12.8. The molecule has 0 aliphatic heterocycles. The molecule has 0 unspecified atom stereocenters. The molecule has 1 aliphatic carbocycles. The Hall–Kier alpha value is -2.54. The third kappa shape index (κ3) is 3.78. The van der Waals surface area contributed by atoms with E-state index in [2.05, 4.69) is 14.7 Å². The standard InChI is InChI=1S/C20H22N4O2S/c1-13-7-9-14(10-8-13)17-18-19(27-23-17)20(26)24(12-21-18)11-16(25)22-15-5-3-2-4-6-15/h7-10,12,15H,2-6,11H2,1H3,(H,22,25). The Morgan fingerprint density at radius 1 is 1.22 bits per heavy atom. The Morgan fingerprint density at radius 3 is 2.70 bits per heavy atom. The lowest BCUT2D eigenvalue weighted by Gasteiger charge is -2.22. The van der Waals surface area contributed by atoms with Gasteiger partial charge in [0.05, 0.1) is 6.33 Å². The zero-order valence-electron chi connectivity index (χ0n) is 15.3. The van der Waals surface area contributed by atoms with E-state index in [-0.39, 0.29) is 24.1 Å². The zero-order valence-corrected chi connectivity index (χ0v) is 16.1. The van der Waals surface area contributed by atoms with E-state index < -0.39 is 0 Å². The minimum Gasteiger partial charge on any atom is -0.352 e. The summed E-state index contributed by atoms with van der Waals surface area (Å²) in [7, 11) is 0. The molecule has 2 aromatic heterocycles. The van der Waals surface area contributed by atoms with Crippen molar-refractivity contribution in [2.75, 3.05) is 0 Å². The second-order valence-electron chi connectivity index (χ2n) is 7.16. The molecule has 1 saturated carbocycles. The average Bonchev–Trinajstić information content (AvgIpc) is 3.10. The fourth-order valence-electron chi connectivity index (χ4n) is 3.54. The van der Waals surface area contributed by atoms with Gasteiger partial charge in [0.15, 0.2) is 0 Å². The Morgan fingerprint density at radius 2 is 1.96 bits per heavy atom. The van der Waals surface area contributed by atoms with Crippen LogP contribution in [0.1, 0.15) is 37.7 Å². The van der Waals surface area contributed by atoms with Gasteiger partial charge >= 0.3 is 0 Å². The first-order valence-corrected chi connectivity index (χ1v) is 10.1. The molecule has 1 N–H and O–H groups in total. The van der Waals surface area contributed by atoms with E-state index in [0.717, 1.165) is 48.3 Å². The van der Waals surface area contributed by atoms with E-state index in [1.165, 1.54) is 17.3 Å². The van der Waals surface area contributed by atoms with Crippen LogP contribution in [-0.4, -0.2) is 25.9 Å². The number of nitrogens with zero attached hydrogens (tertiary/aromatic N) is 3. The summed E-state index contributed by atoms with van der Waals surface area (Å²) >= 11 is 1.14. The number of amides is 1. The van der Waals surface area contributed by atoms with Crippen LogP contribution >= 0.6 is 11.5 Å². The van der Waals surface area contributed by atoms with Gasteiger partial charge in [-0.3, -0.25) is 14.2 Å². The average molecular weight is 382 g/mol. The van der Waals surface area contributed by atoms with Crippen molar-refractivity contribution in [3.8, 4) is 11.3 Å². The Balaban J connectivity index is 1.56. The summed E-state index contributed by atoms with van der Waals surface area (Å²) < 4.78 is 6.29. The highest BCUT2D eigenvalue weighted by Crippen LogP contribution is 2.27. The minimum atomic E-state index is -0.213. The number of hydrogen-bond donors (Lipinski definition) is 1. The number of carbonyl (C=O) groups is 1. The first-order valence-electron chi connectivity index (χ1n) is 9.33. The third-order valence-electron chi connectivity index (χ3n) is 5.06. The van der Waals surface area contributed by atoms with Gasteiger partial charge in [-0.15, -0.1) is 0 Å². The molecule has 0 radical (unpaired) electrons. The summed E-state index contributed by atoms with van der Waals surface area (Å²) in [5.74, 6) is -0.131. The minimum absolute atomic E-state index is 0.00393. The summed E-state index contributed by atoms with van der Waals surface area (Å²) in [5, 5.41) is 3.04. The number of hydrogen-bond acceptors (Lipinski definition) is 5. The number of rotatable bonds is 4. The molecule has 6 nitrogen and oxygen atoms in total. The third-order valence-corrected chi connectivity index (χ3v) is 5.88. The van der Waals surface area contributed by atoms with E-state index in [0.29, 0.717) is 15.9 Å². The Bertz CT molecular complexity index is 1020. The van der Waals surface area contributed by atoms with Crippen LogP contribution in [0.25, 0.3) is 21.5 Å². The predicted octanol–water partition coefficient (Wildman–Crippen LogP) is 3.28. The van der Waals surface area contributed by atoms with Crippen molar-refractivity contribution in [2.45, 2.75) is 51.6 Å². The van der Waals surface area contributed by atoms with Gasteiger partial charge in [0, 0.05) is 11.6 Å². The molecular weight excluding hydrogens is 360 g/mol. The van der Waals surface area contributed by atoms with Crippen molar-refractivity contribution >= 4 is 27.7 Å². The molecule has 0 atom stereocenters. The zero-order chi connectivity index (χ0) is 18.8. The van der Waals surface area contributed by atoms with Crippen molar-refractivity contribution in [3.63, 3.8) is 0 Å². The van der Waals surface area contributed by atoms with Crippen molar-refractivity contribution in [2.24, 2.45) is 0 Å². The molecule has 7 heteroatoms. The van der Waals surface area contributed by atoms with Crippen LogP contribution < -0.4 is 10.9 Å². The smallest absolute Gasteiger partial charge is 0.273 e. The lowest BCUT2D eigenvalue weighted by atomic mass is 9.95. The number of carbonyl (C=O) groups excluding carboxylic acids is 1. The summed E-state index contributed by atoms with van der Waals surface area (Å²) in [6.07, 6.45) is 7.04. The summed E-state index contributed by atoms with van der Waals surface area (Å²) in [4.78, 5) is 29.5. The van der Waals surface area contributed by atoms with Crippen LogP contribution in [0.15, 0.2) is 35.4 Å². The monoisotopic (exact) mass is 382 g/mol. The second-order valence-corrected chi connectivity index (χ2v) is 7.93.